The molecule has 0 atom stereocenters. The van der Waals surface area contributed by atoms with Gasteiger partial charge in [-0.15, -0.1) is 0 Å². The Hall–Kier alpha value is -2.01. The predicted molar refractivity (Wildman–Crippen MR) is 73.2 cm³/mol. The van der Waals surface area contributed by atoms with Gasteiger partial charge in [0.15, 0.2) is 0 Å². The maximum absolute atomic E-state index is 11.9. The number of hydrogen-bond acceptors (Lipinski definition) is 4. The van der Waals surface area contributed by atoms with Gasteiger partial charge in [-0.25, -0.2) is 9.97 Å². The number of benzene rings is 1. The molecule has 5 heteroatoms. The Morgan fingerprint density at radius 3 is 2.58 bits per heavy atom. The van der Waals surface area contributed by atoms with Gasteiger partial charge in [0.1, 0.15) is 0 Å². The van der Waals surface area contributed by atoms with Crippen LogP contribution < -0.4 is 5.32 Å². The Morgan fingerprint density at radius 1 is 1.21 bits per heavy atom. The van der Waals surface area contributed by atoms with Crippen molar-refractivity contribution in [2.45, 2.75) is 13.8 Å². The van der Waals surface area contributed by atoms with E-state index in [1.807, 2.05) is 19.9 Å². The first kappa shape index (κ1) is 13.4. The summed E-state index contributed by atoms with van der Waals surface area (Å²) in [5.41, 5.74) is 3.91. The van der Waals surface area contributed by atoms with Crippen molar-refractivity contribution in [2.24, 2.45) is 0 Å². The van der Waals surface area contributed by atoms with Gasteiger partial charge in [0.05, 0.1) is 29.0 Å². The highest BCUT2D eigenvalue weighted by Gasteiger charge is 2.08. The van der Waals surface area contributed by atoms with E-state index in [9.17, 15) is 4.79 Å². The average Bonchev–Trinajstić information content (AvgIpc) is 2.40. The second kappa shape index (κ2) is 5.75. The third kappa shape index (κ3) is 3.06. The molecule has 2 aromatic rings. The number of aromatic nitrogens is 2. The van der Waals surface area contributed by atoms with Crippen LogP contribution in [0, 0.1) is 13.8 Å². The van der Waals surface area contributed by atoms with Gasteiger partial charge in [-0.2, -0.15) is 0 Å². The van der Waals surface area contributed by atoms with Gasteiger partial charge in [0.2, 0.25) is 0 Å². The summed E-state index contributed by atoms with van der Waals surface area (Å²) < 4.78 is 4.89. The molecular weight excluding hydrogens is 242 g/mol. The number of ether oxygens (including phenoxy) is 1. The standard InChI is InChI=1S/C14H17N3O2/c1-9-10(2)17-13-8-11(4-5-12(13)16-9)14(18)15-6-7-19-3/h4-5,8H,6-7H2,1-3H3,(H,15,18). The smallest absolute Gasteiger partial charge is 0.251 e. The summed E-state index contributed by atoms with van der Waals surface area (Å²) in [6.07, 6.45) is 0. The Kier molecular flexibility index (Phi) is 4.06. The minimum atomic E-state index is -0.126. The first-order valence-corrected chi connectivity index (χ1v) is 6.14. The van der Waals surface area contributed by atoms with Crippen LogP contribution in [-0.2, 0) is 4.74 Å². The van der Waals surface area contributed by atoms with Crippen molar-refractivity contribution in [3.05, 3.63) is 35.2 Å². The van der Waals surface area contributed by atoms with Crippen LogP contribution in [0.5, 0.6) is 0 Å². The van der Waals surface area contributed by atoms with Gasteiger partial charge < -0.3 is 10.1 Å². The van der Waals surface area contributed by atoms with E-state index in [1.54, 1.807) is 19.2 Å². The van der Waals surface area contributed by atoms with Crippen LogP contribution in [0.3, 0.4) is 0 Å². The fourth-order valence-electron chi connectivity index (χ4n) is 1.74. The molecule has 0 aliphatic heterocycles. The molecule has 0 aliphatic carbocycles. The maximum Gasteiger partial charge on any atom is 0.251 e. The molecule has 0 bridgehead atoms. The summed E-state index contributed by atoms with van der Waals surface area (Å²) in [4.78, 5) is 20.8. The summed E-state index contributed by atoms with van der Waals surface area (Å²) in [7, 11) is 1.60. The fourth-order valence-corrected chi connectivity index (χ4v) is 1.74. The number of rotatable bonds is 4. The zero-order chi connectivity index (χ0) is 13.8. The molecule has 0 radical (unpaired) electrons. The van der Waals surface area contributed by atoms with E-state index < -0.39 is 0 Å². The lowest BCUT2D eigenvalue weighted by atomic mass is 10.1. The second-order valence-corrected chi connectivity index (χ2v) is 4.35. The molecule has 0 spiro atoms. The third-order valence-corrected chi connectivity index (χ3v) is 2.93. The van der Waals surface area contributed by atoms with Crippen LogP contribution in [0.1, 0.15) is 21.7 Å². The molecule has 2 rings (SSSR count). The molecule has 1 amide bonds. The Morgan fingerprint density at radius 2 is 1.89 bits per heavy atom. The van der Waals surface area contributed by atoms with E-state index in [2.05, 4.69) is 15.3 Å². The second-order valence-electron chi connectivity index (χ2n) is 4.35. The molecule has 1 aromatic carbocycles. The molecule has 1 aromatic heterocycles. The Bertz CT molecular complexity index is 611. The van der Waals surface area contributed by atoms with Crippen LogP contribution in [0.2, 0.25) is 0 Å². The number of aryl methyl sites for hydroxylation is 2. The van der Waals surface area contributed by atoms with Crippen molar-refractivity contribution < 1.29 is 9.53 Å². The molecule has 1 N–H and O–H groups in total. The van der Waals surface area contributed by atoms with Crippen LogP contribution in [0.15, 0.2) is 18.2 Å². The lowest BCUT2D eigenvalue weighted by Crippen LogP contribution is -2.26. The zero-order valence-electron chi connectivity index (χ0n) is 11.4. The summed E-state index contributed by atoms with van der Waals surface area (Å²) in [6.45, 7) is 4.82. The summed E-state index contributed by atoms with van der Waals surface area (Å²) in [5, 5.41) is 2.78. The number of carbonyl (C=O) groups is 1. The maximum atomic E-state index is 11.9. The number of fused-ring (bicyclic) bond motifs is 1. The highest BCUT2D eigenvalue weighted by atomic mass is 16.5. The van der Waals surface area contributed by atoms with Crippen molar-refractivity contribution >= 4 is 16.9 Å². The largest absolute Gasteiger partial charge is 0.383 e. The third-order valence-electron chi connectivity index (χ3n) is 2.93. The zero-order valence-corrected chi connectivity index (χ0v) is 11.4. The number of nitrogens with one attached hydrogen (secondary N) is 1. The van der Waals surface area contributed by atoms with E-state index in [-0.39, 0.29) is 5.91 Å². The van der Waals surface area contributed by atoms with E-state index in [4.69, 9.17) is 4.74 Å². The van der Waals surface area contributed by atoms with Crippen molar-refractivity contribution in [1.29, 1.82) is 0 Å². The van der Waals surface area contributed by atoms with Crippen molar-refractivity contribution in [2.75, 3.05) is 20.3 Å². The summed E-state index contributed by atoms with van der Waals surface area (Å²) in [5.74, 6) is -0.126. The monoisotopic (exact) mass is 259 g/mol. The summed E-state index contributed by atoms with van der Waals surface area (Å²) in [6, 6.07) is 5.34. The number of hydrogen-bond donors (Lipinski definition) is 1. The number of methoxy groups -OCH3 is 1. The Labute approximate surface area is 112 Å². The summed E-state index contributed by atoms with van der Waals surface area (Å²) >= 11 is 0. The predicted octanol–water partition coefficient (Wildman–Crippen LogP) is 1.62. The fraction of sp³-hybridized carbons (Fsp3) is 0.357. The topological polar surface area (TPSA) is 64.1 Å². The van der Waals surface area contributed by atoms with E-state index in [1.165, 1.54) is 0 Å². The number of amides is 1. The highest BCUT2D eigenvalue weighted by Crippen LogP contribution is 2.14. The first-order valence-electron chi connectivity index (χ1n) is 6.14. The molecule has 19 heavy (non-hydrogen) atoms. The van der Waals surface area contributed by atoms with Gasteiger partial charge in [0.25, 0.3) is 5.91 Å². The minimum absolute atomic E-state index is 0.126. The lowest BCUT2D eigenvalue weighted by molar-refractivity contribution is 0.0937. The Balaban J connectivity index is 2.26. The first-order chi connectivity index (χ1) is 9.11. The van der Waals surface area contributed by atoms with Crippen LogP contribution in [-0.4, -0.2) is 36.1 Å². The van der Waals surface area contributed by atoms with Crippen LogP contribution in [0.25, 0.3) is 11.0 Å². The molecular formula is C14H17N3O2. The van der Waals surface area contributed by atoms with Gasteiger partial charge >= 0.3 is 0 Å². The van der Waals surface area contributed by atoms with Crippen molar-refractivity contribution in [3.63, 3.8) is 0 Å². The lowest BCUT2D eigenvalue weighted by Gasteiger charge is -2.06. The van der Waals surface area contributed by atoms with E-state index >= 15 is 0 Å². The number of carbonyl (C=O) groups excluding carboxylic acids is 1. The highest BCUT2D eigenvalue weighted by molar-refractivity contribution is 5.97. The van der Waals surface area contributed by atoms with Gasteiger partial charge in [-0.3, -0.25) is 4.79 Å². The molecule has 0 aliphatic rings. The SMILES string of the molecule is COCCNC(=O)c1ccc2nc(C)c(C)nc2c1. The molecule has 1 heterocycles. The molecule has 0 saturated carbocycles. The van der Waals surface area contributed by atoms with Gasteiger partial charge in [-0.1, -0.05) is 0 Å². The van der Waals surface area contributed by atoms with Crippen molar-refractivity contribution in [1.82, 2.24) is 15.3 Å². The normalized spacial score (nSPS) is 10.7. The molecule has 5 nitrogen and oxygen atoms in total. The molecule has 100 valence electrons. The molecule has 0 saturated heterocycles. The average molecular weight is 259 g/mol. The van der Waals surface area contributed by atoms with E-state index in [0.29, 0.717) is 18.7 Å². The molecule has 0 fully saturated rings. The minimum Gasteiger partial charge on any atom is -0.383 e. The van der Waals surface area contributed by atoms with Crippen LogP contribution >= 0.6 is 0 Å². The van der Waals surface area contributed by atoms with Crippen LogP contribution in [0.4, 0.5) is 0 Å². The van der Waals surface area contributed by atoms with Crippen molar-refractivity contribution in [3.8, 4) is 0 Å². The molecule has 0 unspecified atom stereocenters. The van der Waals surface area contributed by atoms with Gasteiger partial charge in [-0.05, 0) is 32.0 Å². The van der Waals surface area contributed by atoms with E-state index in [0.717, 1.165) is 22.4 Å². The number of nitrogens with zero attached hydrogens (tertiary/aromatic N) is 2. The van der Waals surface area contributed by atoms with Gasteiger partial charge in [0, 0.05) is 19.2 Å². The quantitative estimate of drug-likeness (QED) is 0.847.